The highest BCUT2D eigenvalue weighted by Crippen LogP contribution is 2.19. The number of allylic oxidation sites excluding steroid dienone is 2. The van der Waals surface area contributed by atoms with Crippen molar-refractivity contribution < 1.29 is 9.90 Å². The smallest absolute Gasteiger partial charge is 0.331 e. The summed E-state index contributed by atoms with van der Waals surface area (Å²) >= 11 is 0. The molecule has 0 aliphatic carbocycles. The number of hydrogen-bond acceptors (Lipinski definition) is 1. The molecule has 2 heteroatoms. The van der Waals surface area contributed by atoms with Gasteiger partial charge in [0.15, 0.2) is 0 Å². The number of aliphatic carboxylic acids is 1. The molecular formula is C30H48O2. The molecule has 0 fully saturated rings. The molecule has 0 spiro atoms. The van der Waals surface area contributed by atoms with Crippen LogP contribution >= 0.6 is 0 Å². The molecule has 0 unspecified atom stereocenters. The number of carboxylic acid groups (broad SMARTS) is 1. The summed E-state index contributed by atoms with van der Waals surface area (Å²) in [5.74, 6) is -0.811. The maximum atomic E-state index is 11.4. The van der Waals surface area contributed by atoms with Crippen LogP contribution in [0.2, 0.25) is 0 Å². The zero-order valence-corrected chi connectivity index (χ0v) is 20.9. The molecule has 0 aliphatic heterocycles. The van der Waals surface area contributed by atoms with Gasteiger partial charge in [0.25, 0.3) is 0 Å². The van der Waals surface area contributed by atoms with Crippen molar-refractivity contribution in [3.05, 3.63) is 53.1 Å². The normalized spacial score (nSPS) is 12.3. The van der Waals surface area contributed by atoms with E-state index in [0.717, 1.165) is 24.0 Å². The molecular weight excluding hydrogens is 392 g/mol. The first-order valence-electron chi connectivity index (χ1n) is 13.3. The number of carbonyl (C=O) groups is 1. The van der Waals surface area contributed by atoms with E-state index in [0.29, 0.717) is 5.57 Å². The van der Waals surface area contributed by atoms with Crippen LogP contribution < -0.4 is 0 Å². The predicted octanol–water partition coefficient (Wildman–Crippen LogP) is 9.75. The van der Waals surface area contributed by atoms with Crippen LogP contribution in [-0.2, 0) is 4.79 Å². The molecule has 0 saturated heterocycles. The average Bonchev–Trinajstić information content (AvgIpc) is 2.80. The van der Waals surface area contributed by atoms with Gasteiger partial charge in [0.2, 0.25) is 0 Å². The Hall–Kier alpha value is -1.83. The van der Waals surface area contributed by atoms with Crippen LogP contribution in [0, 0.1) is 0 Å². The van der Waals surface area contributed by atoms with Crippen LogP contribution in [-0.4, -0.2) is 11.1 Å². The molecule has 0 aliphatic rings. The molecule has 0 saturated carbocycles. The van der Waals surface area contributed by atoms with Crippen LogP contribution in [0.3, 0.4) is 0 Å². The standard InChI is InChI=1S/C30H48O2/c1-3-4-5-6-7-8-9-10-11-12-13-14-15-16-17-21-24-29(27(2)30(31)32)26-25-28-22-19-18-20-23-28/h18-20,22-23,25-26H,3-17,21,24H2,1-2H3,(H,31,32). The lowest BCUT2D eigenvalue weighted by Gasteiger charge is -2.07. The number of hydrogen-bond donors (Lipinski definition) is 1. The second kappa shape index (κ2) is 19.8. The van der Waals surface area contributed by atoms with E-state index in [1.54, 1.807) is 6.92 Å². The Morgan fingerprint density at radius 1 is 0.719 bits per heavy atom. The van der Waals surface area contributed by atoms with Gasteiger partial charge in [-0.05, 0) is 30.9 Å². The molecule has 0 amide bonds. The van der Waals surface area contributed by atoms with Gasteiger partial charge in [0.1, 0.15) is 0 Å². The second-order valence-electron chi connectivity index (χ2n) is 9.25. The van der Waals surface area contributed by atoms with Crippen LogP contribution in [0.15, 0.2) is 47.6 Å². The fraction of sp³-hybridized carbons (Fsp3) is 0.633. The highest BCUT2D eigenvalue weighted by Gasteiger charge is 2.07. The average molecular weight is 441 g/mol. The van der Waals surface area contributed by atoms with E-state index < -0.39 is 5.97 Å². The number of rotatable bonds is 20. The summed E-state index contributed by atoms with van der Waals surface area (Å²) in [5.41, 5.74) is 2.53. The molecule has 0 radical (unpaired) electrons. The monoisotopic (exact) mass is 440 g/mol. The Morgan fingerprint density at radius 2 is 1.16 bits per heavy atom. The van der Waals surface area contributed by atoms with Gasteiger partial charge >= 0.3 is 5.97 Å². The minimum Gasteiger partial charge on any atom is -0.478 e. The van der Waals surface area contributed by atoms with E-state index in [1.165, 1.54) is 96.3 Å². The van der Waals surface area contributed by atoms with Crippen molar-refractivity contribution in [3.8, 4) is 0 Å². The number of carboxylic acids is 1. The van der Waals surface area contributed by atoms with Crippen molar-refractivity contribution in [2.24, 2.45) is 0 Å². The zero-order chi connectivity index (χ0) is 23.3. The first kappa shape index (κ1) is 28.2. The van der Waals surface area contributed by atoms with E-state index in [1.807, 2.05) is 42.5 Å². The summed E-state index contributed by atoms with van der Waals surface area (Å²) < 4.78 is 0. The van der Waals surface area contributed by atoms with Crippen molar-refractivity contribution >= 4 is 12.0 Å². The van der Waals surface area contributed by atoms with Gasteiger partial charge in [-0.3, -0.25) is 0 Å². The number of benzene rings is 1. The molecule has 0 bridgehead atoms. The van der Waals surface area contributed by atoms with Gasteiger partial charge < -0.3 is 5.11 Å². The SMILES string of the molecule is CCCCCCCCCCCCCCCCCCC(C=Cc1ccccc1)=C(C)C(=O)O. The van der Waals surface area contributed by atoms with Gasteiger partial charge in [-0.15, -0.1) is 0 Å². The van der Waals surface area contributed by atoms with E-state index in [2.05, 4.69) is 6.92 Å². The number of unbranched alkanes of at least 4 members (excludes halogenated alkanes) is 15. The van der Waals surface area contributed by atoms with Gasteiger partial charge in [-0.25, -0.2) is 4.79 Å². The van der Waals surface area contributed by atoms with Gasteiger partial charge in [-0.1, -0.05) is 146 Å². The topological polar surface area (TPSA) is 37.3 Å². The molecule has 0 heterocycles. The Morgan fingerprint density at radius 3 is 1.59 bits per heavy atom. The molecule has 32 heavy (non-hydrogen) atoms. The predicted molar refractivity (Wildman–Crippen MR) is 140 cm³/mol. The van der Waals surface area contributed by atoms with Gasteiger partial charge in [-0.2, -0.15) is 0 Å². The minimum absolute atomic E-state index is 0.471. The fourth-order valence-electron chi connectivity index (χ4n) is 4.16. The molecule has 180 valence electrons. The van der Waals surface area contributed by atoms with Gasteiger partial charge in [0.05, 0.1) is 0 Å². The fourth-order valence-corrected chi connectivity index (χ4v) is 4.16. The summed E-state index contributed by atoms with van der Waals surface area (Å²) in [6.45, 7) is 4.00. The Balaban J connectivity index is 2.07. The second-order valence-corrected chi connectivity index (χ2v) is 9.25. The highest BCUT2D eigenvalue weighted by atomic mass is 16.4. The lowest BCUT2D eigenvalue weighted by Crippen LogP contribution is -2.00. The quantitative estimate of drug-likeness (QED) is 0.124. The summed E-state index contributed by atoms with van der Waals surface area (Å²) in [5, 5.41) is 9.39. The van der Waals surface area contributed by atoms with E-state index >= 15 is 0 Å². The third-order valence-electron chi connectivity index (χ3n) is 6.38. The molecule has 2 nitrogen and oxygen atoms in total. The highest BCUT2D eigenvalue weighted by molar-refractivity contribution is 5.87. The van der Waals surface area contributed by atoms with Crippen LogP contribution in [0.5, 0.6) is 0 Å². The first-order chi connectivity index (χ1) is 15.6. The lowest BCUT2D eigenvalue weighted by molar-refractivity contribution is -0.132. The molecule has 1 N–H and O–H groups in total. The van der Waals surface area contributed by atoms with E-state index in [9.17, 15) is 9.90 Å². The van der Waals surface area contributed by atoms with Crippen molar-refractivity contribution in [2.45, 2.75) is 123 Å². The van der Waals surface area contributed by atoms with Crippen LogP contribution in [0.1, 0.15) is 129 Å². The molecule has 1 rings (SSSR count). The Labute approximate surface area is 198 Å². The summed E-state index contributed by atoms with van der Waals surface area (Å²) in [6.07, 6.45) is 26.5. The maximum Gasteiger partial charge on any atom is 0.331 e. The Bertz CT molecular complexity index is 642. The molecule has 1 aromatic rings. The van der Waals surface area contributed by atoms with Crippen molar-refractivity contribution in [1.29, 1.82) is 0 Å². The summed E-state index contributed by atoms with van der Waals surface area (Å²) in [7, 11) is 0. The maximum absolute atomic E-state index is 11.4. The van der Waals surface area contributed by atoms with E-state index in [-0.39, 0.29) is 0 Å². The summed E-state index contributed by atoms with van der Waals surface area (Å²) in [6, 6.07) is 10.1. The molecule has 0 aromatic heterocycles. The third kappa shape index (κ3) is 15.1. The van der Waals surface area contributed by atoms with E-state index in [4.69, 9.17) is 0 Å². The third-order valence-corrected chi connectivity index (χ3v) is 6.38. The van der Waals surface area contributed by atoms with Crippen molar-refractivity contribution in [1.82, 2.24) is 0 Å². The first-order valence-corrected chi connectivity index (χ1v) is 13.3. The van der Waals surface area contributed by atoms with Crippen LogP contribution in [0.25, 0.3) is 6.08 Å². The largest absolute Gasteiger partial charge is 0.478 e. The minimum atomic E-state index is -0.811. The molecule has 0 atom stereocenters. The van der Waals surface area contributed by atoms with Crippen LogP contribution in [0.4, 0.5) is 0 Å². The zero-order valence-electron chi connectivity index (χ0n) is 20.9. The molecule has 1 aromatic carbocycles. The van der Waals surface area contributed by atoms with Crippen molar-refractivity contribution in [3.63, 3.8) is 0 Å². The van der Waals surface area contributed by atoms with Gasteiger partial charge in [0, 0.05) is 5.57 Å². The Kier molecular flexibility index (Phi) is 17.5. The van der Waals surface area contributed by atoms with Crippen molar-refractivity contribution in [2.75, 3.05) is 0 Å². The summed E-state index contributed by atoms with van der Waals surface area (Å²) in [4.78, 5) is 11.4. The lowest BCUT2D eigenvalue weighted by atomic mass is 9.99.